The van der Waals surface area contributed by atoms with Crippen molar-refractivity contribution in [3.05, 3.63) is 48.0 Å². The van der Waals surface area contributed by atoms with E-state index in [1.54, 1.807) is 11.8 Å². The molecular weight excluding hydrogens is 282 g/mol. The van der Waals surface area contributed by atoms with Crippen LogP contribution in [0.2, 0.25) is 0 Å². The van der Waals surface area contributed by atoms with E-state index >= 15 is 0 Å². The van der Waals surface area contributed by atoms with Crippen molar-refractivity contribution in [1.29, 1.82) is 0 Å². The van der Waals surface area contributed by atoms with Crippen LogP contribution < -0.4 is 15.2 Å². The summed E-state index contributed by atoms with van der Waals surface area (Å²) in [5.41, 5.74) is 8.15. The summed E-state index contributed by atoms with van der Waals surface area (Å²) in [7, 11) is 0. The van der Waals surface area contributed by atoms with E-state index < -0.39 is 0 Å². The molecule has 110 valence electrons. The standard InChI is InChI=1S/C17H19NO2S/c1-2-19-13-7-8-15(18)17(9-13)21-11-12-10-20-16-6-4-3-5-14(12)16/h3-9,12H,2,10-11,18H2,1H3. The maximum atomic E-state index is 6.06. The number of fused-ring (bicyclic) bond motifs is 1. The van der Waals surface area contributed by atoms with Gasteiger partial charge >= 0.3 is 0 Å². The van der Waals surface area contributed by atoms with E-state index in [0.29, 0.717) is 12.5 Å². The molecule has 3 rings (SSSR count). The predicted octanol–water partition coefficient (Wildman–Crippen LogP) is 3.94. The Hall–Kier alpha value is -1.81. The largest absolute Gasteiger partial charge is 0.494 e. The number of nitrogen functional groups attached to an aromatic ring is 1. The normalized spacial score (nSPS) is 16.3. The number of para-hydroxylation sites is 1. The molecule has 0 spiro atoms. The summed E-state index contributed by atoms with van der Waals surface area (Å²) in [5.74, 6) is 3.26. The maximum Gasteiger partial charge on any atom is 0.122 e. The highest BCUT2D eigenvalue weighted by Crippen LogP contribution is 2.38. The summed E-state index contributed by atoms with van der Waals surface area (Å²) in [6.07, 6.45) is 0. The number of ether oxygens (including phenoxy) is 2. The van der Waals surface area contributed by atoms with E-state index in [9.17, 15) is 0 Å². The number of rotatable bonds is 5. The first-order valence-electron chi connectivity index (χ1n) is 7.14. The molecule has 0 aromatic heterocycles. The van der Waals surface area contributed by atoms with Gasteiger partial charge < -0.3 is 15.2 Å². The highest BCUT2D eigenvalue weighted by Gasteiger charge is 2.23. The van der Waals surface area contributed by atoms with Gasteiger partial charge in [0.05, 0.1) is 13.2 Å². The smallest absolute Gasteiger partial charge is 0.122 e. The lowest BCUT2D eigenvalue weighted by molar-refractivity contribution is 0.338. The van der Waals surface area contributed by atoms with Crippen LogP contribution >= 0.6 is 11.8 Å². The second-order valence-electron chi connectivity index (χ2n) is 4.99. The molecule has 0 amide bonds. The summed E-state index contributed by atoms with van der Waals surface area (Å²) in [6, 6.07) is 14.1. The highest BCUT2D eigenvalue weighted by molar-refractivity contribution is 7.99. The van der Waals surface area contributed by atoms with E-state index in [2.05, 4.69) is 12.1 Å². The first-order chi connectivity index (χ1) is 10.3. The van der Waals surface area contributed by atoms with Crippen molar-refractivity contribution in [2.75, 3.05) is 24.7 Å². The minimum Gasteiger partial charge on any atom is -0.494 e. The van der Waals surface area contributed by atoms with Crippen LogP contribution in [0, 0.1) is 0 Å². The van der Waals surface area contributed by atoms with Gasteiger partial charge in [0.2, 0.25) is 0 Å². The Morgan fingerprint density at radius 1 is 1.29 bits per heavy atom. The molecule has 1 aliphatic rings. The zero-order valence-electron chi connectivity index (χ0n) is 12.0. The molecular formula is C17H19NO2S. The van der Waals surface area contributed by atoms with Crippen LogP contribution in [-0.4, -0.2) is 19.0 Å². The molecule has 1 atom stereocenters. The van der Waals surface area contributed by atoms with E-state index in [1.165, 1.54) is 5.56 Å². The van der Waals surface area contributed by atoms with E-state index in [1.807, 2.05) is 37.3 Å². The molecule has 21 heavy (non-hydrogen) atoms. The van der Waals surface area contributed by atoms with Crippen LogP contribution in [-0.2, 0) is 0 Å². The topological polar surface area (TPSA) is 44.5 Å². The predicted molar refractivity (Wildman–Crippen MR) is 87.4 cm³/mol. The van der Waals surface area contributed by atoms with Gasteiger partial charge in [-0.15, -0.1) is 11.8 Å². The Labute approximate surface area is 129 Å². The molecule has 4 heteroatoms. The monoisotopic (exact) mass is 301 g/mol. The van der Waals surface area contributed by atoms with Gasteiger partial charge in [-0.2, -0.15) is 0 Å². The van der Waals surface area contributed by atoms with Crippen molar-refractivity contribution in [3.63, 3.8) is 0 Å². The fraction of sp³-hybridized carbons (Fsp3) is 0.294. The third kappa shape index (κ3) is 3.10. The van der Waals surface area contributed by atoms with Crippen LogP contribution in [0.4, 0.5) is 5.69 Å². The van der Waals surface area contributed by atoms with Crippen molar-refractivity contribution >= 4 is 17.4 Å². The van der Waals surface area contributed by atoms with Crippen molar-refractivity contribution in [2.24, 2.45) is 0 Å². The summed E-state index contributed by atoms with van der Waals surface area (Å²) in [6.45, 7) is 3.39. The van der Waals surface area contributed by atoms with Crippen LogP contribution in [0.3, 0.4) is 0 Å². The van der Waals surface area contributed by atoms with Gasteiger partial charge in [0.1, 0.15) is 11.5 Å². The van der Waals surface area contributed by atoms with E-state index in [0.717, 1.165) is 34.4 Å². The SMILES string of the molecule is CCOc1ccc(N)c(SCC2COc3ccccc32)c1. The molecule has 1 heterocycles. The van der Waals surface area contributed by atoms with Gasteiger partial charge in [0, 0.05) is 27.8 Å². The molecule has 3 nitrogen and oxygen atoms in total. The summed E-state index contributed by atoms with van der Waals surface area (Å²) < 4.78 is 11.3. The number of benzene rings is 2. The van der Waals surface area contributed by atoms with Crippen LogP contribution in [0.25, 0.3) is 0 Å². The zero-order valence-corrected chi connectivity index (χ0v) is 12.9. The number of anilines is 1. The van der Waals surface area contributed by atoms with Crippen LogP contribution in [0.15, 0.2) is 47.4 Å². The van der Waals surface area contributed by atoms with Gasteiger partial charge in [-0.1, -0.05) is 18.2 Å². The lowest BCUT2D eigenvalue weighted by atomic mass is 10.0. The van der Waals surface area contributed by atoms with Crippen molar-refractivity contribution in [1.82, 2.24) is 0 Å². The summed E-state index contributed by atoms with van der Waals surface area (Å²) >= 11 is 1.76. The fourth-order valence-electron chi connectivity index (χ4n) is 2.45. The zero-order chi connectivity index (χ0) is 14.7. The van der Waals surface area contributed by atoms with E-state index in [-0.39, 0.29) is 0 Å². The number of hydrogen-bond acceptors (Lipinski definition) is 4. The van der Waals surface area contributed by atoms with Crippen molar-refractivity contribution < 1.29 is 9.47 Å². The fourth-order valence-corrected chi connectivity index (χ4v) is 3.54. The molecule has 1 aliphatic heterocycles. The molecule has 0 radical (unpaired) electrons. The van der Waals surface area contributed by atoms with Gasteiger partial charge in [-0.25, -0.2) is 0 Å². The first-order valence-corrected chi connectivity index (χ1v) is 8.13. The highest BCUT2D eigenvalue weighted by atomic mass is 32.2. The van der Waals surface area contributed by atoms with Crippen LogP contribution in [0.5, 0.6) is 11.5 Å². The second kappa shape index (κ2) is 6.31. The summed E-state index contributed by atoms with van der Waals surface area (Å²) in [5, 5.41) is 0. The molecule has 0 saturated heterocycles. The first kappa shape index (κ1) is 14.1. The van der Waals surface area contributed by atoms with Crippen molar-refractivity contribution in [2.45, 2.75) is 17.7 Å². The van der Waals surface area contributed by atoms with Crippen molar-refractivity contribution in [3.8, 4) is 11.5 Å². The minimum atomic E-state index is 0.418. The number of hydrogen-bond donors (Lipinski definition) is 1. The maximum absolute atomic E-state index is 6.06. The molecule has 2 aromatic carbocycles. The van der Waals surface area contributed by atoms with Gasteiger partial charge in [-0.3, -0.25) is 0 Å². The Morgan fingerprint density at radius 2 is 2.14 bits per heavy atom. The molecule has 1 unspecified atom stereocenters. The van der Waals surface area contributed by atoms with Gasteiger partial charge in [0.15, 0.2) is 0 Å². The quantitative estimate of drug-likeness (QED) is 0.671. The third-order valence-corrected chi connectivity index (χ3v) is 4.77. The lowest BCUT2D eigenvalue weighted by Gasteiger charge is -2.11. The van der Waals surface area contributed by atoms with Gasteiger partial charge in [-0.05, 0) is 31.2 Å². The van der Waals surface area contributed by atoms with Gasteiger partial charge in [0.25, 0.3) is 0 Å². The lowest BCUT2D eigenvalue weighted by Crippen LogP contribution is -2.04. The molecule has 0 fully saturated rings. The molecule has 0 saturated carbocycles. The van der Waals surface area contributed by atoms with Crippen LogP contribution in [0.1, 0.15) is 18.4 Å². The summed E-state index contributed by atoms with van der Waals surface area (Å²) in [4.78, 5) is 1.07. The molecule has 2 aromatic rings. The Balaban J connectivity index is 1.70. The second-order valence-corrected chi connectivity index (χ2v) is 6.05. The molecule has 0 bridgehead atoms. The third-order valence-electron chi connectivity index (χ3n) is 3.53. The number of nitrogens with two attached hydrogens (primary N) is 1. The Bertz CT molecular complexity index is 630. The van der Waals surface area contributed by atoms with E-state index in [4.69, 9.17) is 15.2 Å². The average molecular weight is 301 g/mol. The Morgan fingerprint density at radius 3 is 3.00 bits per heavy atom. The Kier molecular flexibility index (Phi) is 4.25. The molecule has 2 N–H and O–H groups in total. The number of thioether (sulfide) groups is 1. The average Bonchev–Trinajstić information content (AvgIpc) is 2.91. The minimum absolute atomic E-state index is 0.418. The molecule has 0 aliphatic carbocycles.